The standard InChI is InChI=1S/C11H19NO3/c1-9-11(15-9)4-3-10(7-12)5-6-14-8-13-2/h9-11H,3-6,8H2,1-2H3/t9-,10-,11+/m1/s1. The van der Waals surface area contributed by atoms with Gasteiger partial charge in [0.25, 0.3) is 0 Å². The minimum absolute atomic E-state index is 0.0817. The van der Waals surface area contributed by atoms with Crippen molar-refractivity contribution < 1.29 is 14.2 Å². The van der Waals surface area contributed by atoms with E-state index in [4.69, 9.17) is 19.5 Å². The smallest absolute Gasteiger partial charge is 0.146 e. The van der Waals surface area contributed by atoms with Crippen molar-refractivity contribution in [1.29, 1.82) is 5.26 Å². The predicted molar refractivity (Wildman–Crippen MR) is 55.1 cm³/mol. The molecule has 0 aliphatic carbocycles. The Morgan fingerprint density at radius 2 is 2.20 bits per heavy atom. The third-order valence-corrected chi connectivity index (χ3v) is 2.63. The molecule has 1 saturated heterocycles. The lowest BCUT2D eigenvalue weighted by molar-refractivity contribution is -0.0333. The summed E-state index contributed by atoms with van der Waals surface area (Å²) >= 11 is 0. The van der Waals surface area contributed by atoms with E-state index in [1.54, 1.807) is 7.11 Å². The van der Waals surface area contributed by atoms with Crippen LogP contribution in [0.1, 0.15) is 26.2 Å². The number of nitrogens with zero attached hydrogens (tertiary/aromatic N) is 1. The highest BCUT2D eigenvalue weighted by Crippen LogP contribution is 2.27. The first-order valence-corrected chi connectivity index (χ1v) is 5.39. The Kier molecular flexibility index (Phi) is 5.62. The second-order valence-corrected chi connectivity index (χ2v) is 3.89. The van der Waals surface area contributed by atoms with Gasteiger partial charge in [0.15, 0.2) is 0 Å². The maximum Gasteiger partial charge on any atom is 0.146 e. The molecule has 0 saturated carbocycles. The molecule has 1 rings (SSSR count). The molecule has 1 fully saturated rings. The minimum Gasteiger partial charge on any atom is -0.370 e. The molecule has 4 heteroatoms. The maximum atomic E-state index is 8.90. The van der Waals surface area contributed by atoms with Crippen LogP contribution in [0.15, 0.2) is 0 Å². The van der Waals surface area contributed by atoms with Crippen LogP contribution in [0.4, 0.5) is 0 Å². The molecule has 4 nitrogen and oxygen atoms in total. The summed E-state index contributed by atoms with van der Waals surface area (Å²) in [5, 5.41) is 8.90. The first-order chi connectivity index (χ1) is 7.27. The van der Waals surface area contributed by atoms with Gasteiger partial charge in [-0.25, -0.2) is 0 Å². The lowest BCUT2D eigenvalue weighted by atomic mass is 10.00. The molecule has 86 valence electrons. The van der Waals surface area contributed by atoms with E-state index >= 15 is 0 Å². The van der Waals surface area contributed by atoms with E-state index in [0.717, 1.165) is 19.3 Å². The van der Waals surface area contributed by atoms with Crippen LogP contribution in [-0.4, -0.2) is 32.7 Å². The monoisotopic (exact) mass is 213 g/mol. The highest BCUT2D eigenvalue weighted by Gasteiger charge is 2.33. The first kappa shape index (κ1) is 12.4. The van der Waals surface area contributed by atoms with E-state index in [0.29, 0.717) is 25.6 Å². The van der Waals surface area contributed by atoms with Crippen molar-refractivity contribution in [2.24, 2.45) is 5.92 Å². The molecular formula is C11H19NO3. The van der Waals surface area contributed by atoms with Gasteiger partial charge in [0.1, 0.15) is 6.79 Å². The summed E-state index contributed by atoms with van der Waals surface area (Å²) in [6.45, 7) is 2.96. The molecule has 0 aromatic carbocycles. The fourth-order valence-corrected chi connectivity index (χ4v) is 1.54. The van der Waals surface area contributed by atoms with Gasteiger partial charge in [-0.15, -0.1) is 0 Å². The van der Waals surface area contributed by atoms with E-state index in [1.165, 1.54) is 0 Å². The van der Waals surface area contributed by atoms with Crippen LogP contribution in [0, 0.1) is 17.2 Å². The number of methoxy groups -OCH3 is 1. The zero-order valence-electron chi connectivity index (χ0n) is 9.44. The predicted octanol–water partition coefficient (Wildman–Crippen LogP) is 1.70. The third kappa shape index (κ3) is 5.12. The summed E-state index contributed by atoms with van der Waals surface area (Å²) in [6.07, 6.45) is 3.46. The fourth-order valence-electron chi connectivity index (χ4n) is 1.54. The second kappa shape index (κ2) is 6.78. The van der Waals surface area contributed by atoms with Crippen molar-refractivity contribution in [2.75, 3.05) is 20.5 Å². The number of hydrogen-bond donors (Lipinski definition) is 0. The molecule has 1 heterocycles. The lowest BCUT2D eigenvalue weighted by Crippen LogP contribution is -2.06. The molecule has 0 unspecified atom stereocenters. The summed E-state index contributed by atoms with van der Waals surface area (Å²) in [6, 6.07) is 2.30. The molecular weight excluding hydrogens is 194 g/mol. The summed E-state index contributed by atoms with van der Waals surface area (Å²) in [5.74, 6) is 0.0817. The molecule has 0 aromatic rings. The summed E-state index contributed by atoms with van der Waals surface area (Å²) in [5.41, 5.74) is 0. The fraction of sp³-hybridized carbons (Fsp3) is 0.909. The van der Waals surface area contributed by atoms with E-state index in [9.17, 15) is 0 Å². The topological polar surface area (TPSA) is 54.8 Å². The molecule has 1 aliphatic rings. The number of ether oxygens (including phenoxy) is 3. The Bertz CT molecular complexity index is 214. The molecule has 0 aromatic heterocycles. The quantitative estimate of drug-likeness (QED) is 0.350. The molecule has 0 radical (unpaired) electrons. The van der Waals surface area contributed by atoms with Gasteiger partial charge in [-0.3, -0.25) is 0 Å². The molecule has 3 atom stereocenters. The normalized spacial score (nSPS) is 25.9. The van der Waals surface area contributed by atoms with Gasteiger partial charge in [0.05, 0.1) is 24.9 Å². The van der Waals surface area contributed by atoms with Gasteiger partial charge in [-0.1, -0.05) is 0 Å². The van der Waals surface area contributed by atoms with E-state index in [1.807, 2.05) is 0 Å². The SMILES string of the molecule is COCOCC[C@H](C#N)CC[C@@H]1O[C@@H]1C. The van der Waals surface area contributed by atoms with Crippen LogP contribution in [0.3, 0.4) is 0 Å². The van der Waals surface area contributed by atoms with Gasteiger partial charge < -0.3 is 14.2 Å². The van der Waals surface area contributed by atoms with Crippen molar-refractivity contribution >= 4 is 0 Å². The summed E-state index contributed by atoms with van der Waals surface area (Å²) in [4.78, 5) is 0. The Labute approximate surface area is 91.1 Å². The van der Waals surface area contributed by atoms with E-state index in [-0.39, 0.29) is 5.92 Å². The van der Waals surface area contributed by atoms with Gasteiger partial charge in [-0.2, -0.15) is 5.26 Å². The second-order valence-electron chi connectivity index (χ2n) is 3.89. The van der Waals surface area contributed by atoms with Crippen molar-refractivity contribution in [3.8, 4) is 6.07 Å². The Morgan fingerprint density at radius 3 is 2.73 bits per heavy atom. The van der Waals surface area contributed by atoms with Crippen LogP contribution in [0.25, 0.3) is 0 Å². The van der Waals surface area contributed by atoms with Gasteiger partial charge in [0, 0.05) is 13.0 Å². The lowest BCUT2D eigenvalue weighted by Gasteiger charge is -2.07. The Morgan fingerprint density at radius 1 is 1.47 bits per heavy atom. The molecule has 0 spiro atoms. The third-order valence-electron chi connectivity index (χ3n) is 2.63. The molecule has 15 heavy (non-hydrogen) atoms. The first-order valence-electron chi connectivity index (χ1n) is 5.39. The zero-order chi connectivity index (χ0) is 11.1. The summed E-state index contributed by atoms with van der Waals surface area (Å²) < 4.78 is 15.2. The van der Waals surface area contributed by atoms with Crippen LogP contribution in [-0.2, 0) is 14.2 Å². The molecule has 1 aliphatic heterocycles. The van der Waals surface area contributed by atoms with Crippen LogP contribution in [0.5, 0.6) is 0 Å². The van der Waals surface area contributed by atoms with Crippen LogP contribution >= 0.6 is 0 Å². The van der Waals surface area contributed by atoms with Crippen molar-refractivity contribution in [1.82, 2.24) is 0 Å². The minimum atomic E-state index is 0.0817. The van der Waals surface area contributed by atoms with Gasteiger partial charge in [0.2, 0.25) is 0 Å². The van der Waals surface area contributed by atoms with Crippen molar-refractivity contribution in [3.05, 3.63) is 0 Å². The van der Waals surface area contributed by atoms with E-state index < -0.39 is 0 Å². The number of epoxide rings is 1. The van der Waals surface area contributed by atoms with Crippen molar-refractivity contribution in [2.45, 2.75) is 38.4 Å². The average Bonchev–Trinajstić information content (AvgIpc) is 2.94. The molecule has 0 amide bonds. The average molecular weight is 213 g/mol. The van der Waals surface area contributed by atoms with Crippen LogP contribution in [0.2, 0.25) is 0 Å². The zero-order valence-corrected chi connectivity index (χ0v) is 9.44. The summed E-state index contributed by atoms with van der Waals surface area (Å²) in [7, 11) is 1.59. The number of nitriles is 1. The molecule has 0 N–H and O–H groups in total. The highest BCUT2D eigenvalue weighted by molar-refractivity contribution is 4.87. The largest absolute Gasteiger partial charge is 0.370 e. The number of hydrogen-bond acceptors (Lipinski definition) is 4. The van der Waals surface area contributed by atoms with Crippen molar-refractivity contribution in [3.63, 3.8) is 0 Å². The maximum absolute atomic E-state index is 8.90. The van der Waals surface area contributed by atoms with Gasteiger partial charge >= 0.3 is 0 Å². The molecule has 0 bridgehead atoms. The van der Waals surface area contributed by atoms with Gasteiger partial charge in [-0.05, 0) is 26.2 Å². The number of rotatable bonds is 8. The highest BCUT2D eigenvalue weighted by atomic mass is 16.7. The van der Waals surface area contributed by atoms with E-state index in [2.05, 4.69) is 13.0 Å². The van der Waals surface area contributed by atoms with Crippen LogP contribution < -0.4 is 0 Å². The Hall–Kier alpha value is -0.630. The Balaban J connectivity index is 2.00.